The van der Waals surface area contributed by atoms with E-state index in [2.05, 4.69) is 15.9 Å². The second kappa shape index (κ2) is 7.22. The number of halogens is 1. The van der Waals surface area contributed by atoms with Gasteiger partial charge in [0.1, 0.15) is 0 Å². The van der Waals surface area contributed by atoms with Crippen LogP contribution in [-0.4, -0.2) is 37.1 Å². The molecular weight excluding hydrogens is 362 g/mol. The largest absolute Gasteiger partial charge is 0.378 e. The number of nitrogens with zero attached hydrogens (tertiary/aromatic N) is 1. The fourth-order valence-electron chi connectivity index (χ4n) is 2.33. The maximum absolute atomic E-state index is 12.9. The van der Waals surface area contributed by atoms with Crippen molar-refractivity contribution in [2.75, 3.05) is 26.3 Å². The third-order valence-electron chi connectivity index (χ3n) is 3.50. The van der Waals surface area contributed by atoms with Crippen molar-refractivity contribution in [1.29, 1.82) is 0 Å². The smallest absolute Gasteiger partial charge is 0.255 e. The van der Waals surface area contributed by atoms with E-state index in [1.807, 2.05) is 52.8 Å². The van der Waals surface area contributed by atoms with Crippen LogP contribution in [0.5, 0.6) is 0 Å². The molecule has 0 bridgehead atoms. The Bertz CT molecular complexity index is 658. The van der Waals surface area contributed by atoms with E-state index in [-0.39, 0.29) is 5.91 Å². The number of hydrogen-bond acceptors (Lipinski definition) is 3. The minimum absolute atomic E-state index is 0.0775. The summed E-state index contributed by atoms with van der Waals surface area (Å²) in [6.45, 7) is 2.53. The number of amides is 1. The van der Waals surface area contributed by atoms with Gasteiger partial charge in [-0.1, -0.05) is 34.1 Å². The summed E-state index contributed by atoms with van der Waals surface area (Å²) >= 11 is 5.02. The van der Waals surface area contributed by atoms with Crippen LogP contribution in [0, 0.1) is 0 Å². The highest BCUT2D eigenvalue weighted by Gasteiger charge is 2.22. The maximum atomic E-state index is 12.9. The Hall–Kier alpha value is -1.43. The van der Waals surface area contributed by atoms with E-state index in [1.54, 1.807) is 11.3 Å². The molecule has 0 atom stereocenters. The van der Waals surface area contributed by atoms with E-state index in [0.717, 1.165) is 20.5 Å². The Morgan fingerprint density at radius 3 is 2.55 bits per heavy atom. The number of morpholine rings is 1. The Kier molecular flexibility index (Phi) is 5.08. The first kappa shape index (κ1) is 15.5. The lowest BCUT2D eigenvalue weighted by Crippen LogP contribution is -2.41. The molecule has 0 radical (unpaired) electrons. The maximum Gasteiger partial charge on any atom is 0.255 e. The van der Waals surface area contributed by atoms with Gasteiger partial charge in [0.15, 0.2) is 0 Å². The van der Waals surface area contributed by atoms with E-state index >= 15 is 0 Å². The summed E-state index contributed by atoms with van der Waals surface area (Å²) in [6, 6.07) is 11.9. The molecule has 3 nitrogen and oxygen atoms in total. The first-order chi connectivity index (χ1) is 10.7. The monoisotopic (exact) mass is 377 g/mol. The molecule has 0 aliphatic carbocycles. The van der Waals surface area contributed by atoms with E-state index < -0.39 is 0 Å². The highest BCUT2D eigenvalue weighted by Crippen LogP contribution is 2.26. The van der Waals surface area contributed by atoms with Gasteiger partial charge < -0.3 is 9.64 Å². The average Bonchev–Trinajstić information content (AvgIpc) is 3.09. The summed E-state index contributed by atoms with van der Waals surface area (Å²) in [5.41, 5.74) is 1.77. The van der Waals surface area contributed by atoms with Gasteiger partial charge >= 0.3 is 0 Å². The van der Waals surface area contributed by atoms with Crippen molar-refractivity contribution in [3.05, 3.63) is 56.7 Å². The van der Waals surface area contributed by atoms with Gasteiger partial charge in [-0.3, -0.25) is 4.79 Å². The number of carbonyl (C=O) groups excluding carboxylic acids is 1. The summed E-state index contributed by atoms with van der Waals surface area (Å²) in [4.78, 5) is 15.7. The highest BCUT2D eigenvalue weighted by atomic mass is 79.9. The Morgan fingerprint density at radius 1 is 1.18 bits per heavy atom. The lowest BCUT2D eigenvalue weighted by atomic mass is 10.1. The van der Waals surface area contributed by atoms with Crippen LogP contribution < -0.4 is 0 Å². The molecule has 2 aromatic rings. The van der Waals surface area contributed by atoms with Crippen LogP contribution in [-0.2, 0) is 9.53 Å². The summed E-state index contributed by atoms with van der Waals surface area (Å²) in [7, 11) is 0. The molecule has 1 aliphatic rings. The van der Waals surface area contributed by atoms with Crippen molar-refractivity contribution in [2.24, 2.45) is 0 Å². The predicted molar refractivity (Wildman–Crippen MR) is 93.7 cm³/mol. The van der Waals surface area contributed by atoms with Crippen LogP contribution in [0.25, 0.3) is 11.6 Å². The van der Waals surface area contributed by atoms with Crippen molar-refractivity contribution >= 4 is 44.8 Å². The lowest BCUT2D eigenvalue weighted by molar-refractivity contribution is -0.128. The first-order valence-electron chi connectivity index (χ1n) is 7.12. The van der Waals surface area contributed by atoms with Gasteiger partial charge in [0.05, 0.1) is 18.8 Å². The third-order valence-corrected chi connectivity index (χ3v) is 4.93. The molecule has 0 spiro atoms. The second-order valence-electron chi connectivity index (χ2n) is 4.99. The summed E-state index contributed by atoms with van der Waals surface area (Å²) in [5.74, 6) is 0.0775. The van der Waals surface area contributed by atoms with Gasteiger partial charge in [-0.15, -0.1) is 11.3 Å². The number of rotatable bonds is 3. The zero-order valence-corrected chi connectivity index (χ0v) is 14.4. The van der Waals surface area contributed by atoms with Crippen molar-refractivity contribution in [1.82, 2.24) is 4.90 Å². The molecule has 1 aromatic heterocycles. The Balaban J connectivity index is 1.93. The molecule has 114 valence electrons. The van der Waals surface area contributed by atoms with Crippen molar-refractivity contribution < 1.29 is 9.53 Å². The molecule has 22 heavy (non-hydrogen) atoms. The van der Waals surface area contributed by atoms with Crippen LogP contribution in [0.4, 0.5) is 0 Å². The molecule has 1 aliphatic heterocycles. The van der Waals surface area contributed by atoms with Crippen molar-refractivity contribution in [3.8, 4) is 0 Å². The van der Waals surface area contributed by atoms with E-state index in [0.29, 0.717) is 26.3 Å². The van der Waals surface area contributed by atoms with Crippen LogP contribution >= 0.6 is 27.3 Å². The molecular formula is C17H16BrNO2S. The van der Waals surface area contributed by atoms with E-state index in [1.165, 1.54) is 0 Å². The topological polar surface area (TPSA) is 29.5 Å². The van der Waals surface area contributed by atoms with Crippen LogP contribution in [0.2, 0.25) is 0 Å². The number of thiophene rings is 1. The zero-order chi connectivity index (χ0) is 15.4. The molecule has 1 saturated heterocycles. The molecule has 0 saturated carbocycles. The highest BCUT2D eigenvalue weighted by molar-refractivity contribution is 9.10. The molecule has 1 amide bonds. The molecule has 2 heterocycles. The van der Waals surface area contributed by atoms with Crippen molar-refractivity contribution in [3.63, 3.8) is 0 Å². The Morgan fingerprint density at radius 2 is 1.91 bits per heavy atom. The average molecular weight is 378 g/mol. The zero-order valence-electron chi connectivity index (χ0n) is 12.0. The van der Waals surface area contributed by atoms with Crippen molar-refractivity contribution in [2.45, 2.75) is 0 Å². The quantitative estimate of drug-likeness (QED) is 0.758. The minimum Gasteiger partial charge on any atom is -0.378 e. The van der Waals surface area contributed by atoms with Crippen LogP contribution in [0.15, 0.2) is 46.3 Å². The minimum atomic E-state index is 0.0775. The lowest BCUT2D eigenvalue weighted by Gasteiger charge is -2.27. The van der Waals surface area contributed by atoms with Crippen LogP contribution in [0.1, 0.15) is 10.4 Å². The first-order valence-corrected chi connectivity index (χ1v) is 8.79. The SMILES string of the molecule is O=C(C(=Cc1ccc(Br)cc1)c1cccs1)N1CCOCC1. The number of hydrogen-bond donors (Lipinski definition) is 0. The Labute approximate surface area is 142 Å². The molecule has 3 rings (SSSR count). The fourth-order valence-corrected chi connectivity index (χ4v) is 3.33. The second-order valence-corrected chi connectivity index (χ2v) is 6.85. The number of carbonyl (C=O) groups is 1. The normalized spacial score (nSPS) is 15.9. The van der Waals surface area contributed by atoms with Gasteiger partial charge in [-0.25, -0.2) is 0 Å². The predicted octanol–water partition coefficient (Wildman–Crippen LogP) is 3.91. The van der Waals surface area contributed by atoms with Crippen LogP contribution in [0.3, 0.4) is 0 Å². The molecule has 5 heteroatoms. The number of ether oxygens (including phenoxy) is 1. The summed E-state index contributed by atoms with van der Waals surface area (Å²) in [5, 5.41) is 2.00. The van der Waals surface area contributed by atoms with Gasteiger partial charge in [-0.05, 0) is 35.2 Å². The van der Waals surface area contributed by atoms with Gasteiger partial charge in [-0.2, -0.15) is 0 Å². The summed E-state index contributed by atoms with van der Waals surface area (Å²) < 4.78 is 6.37. The van der Waals surface area contributed by atoms with Gasteiger partial charge in [0.2, 0.25) is 0 Å². The van der Waals surface area contributed by atoms with E-state index in [9.17, 15) is 4.79 Å². The third kappa shape index (κ3) is 3.66. The summed E-state index contributed by atoms with van der Waals surface area (Å²) in [6.07, 6.45) is 1.97. The molecule has 1 aromatic carbocycles. The molecule has 0 unspecified atom stereocenters. The van der Waals surface area contributed by atoms with E-state index in [4.69, 9.17) is 4.74 Å². The standard InChI is InChI=1S/C17H16BrNO2S/c18-14-5-3-13(4-6-14)12-15(16-2-1-11-22-16)17(20)19-7-9-21-10-8-19/h1-6,11-12H,7-10H2. The molecule has 1 fully saturated rings. The van der Waals surface area contributed by atoms with Gasteiger partial charge in [0.25, 0.3) is 5.91 Å². The van der Waals surface area contributed by atoms with Gasteiger partial charge in [0, 0.05) is 22.4 Å². The fraction of sp³-hybridized carbons (Fsp3) is 0.235. The number of benzene rings is 1. The molecule has 0 N–H and O–H groups in total.